The molecule has 5 atom stereocenters. The highest BCUT2D eigenvalue weighted by molar-refractivity contribution is 7.51. The Kier molecular flexibility index (Phi) is 24.1. The van der Waals surface area contributed by atoms with Gasteiger partial charge in [0.25, 0.3) is 0 Å². The molecule has 6 aromatic heterocycles. The van der Waals surface area contributed by atoms with Gasteiger partial charge in [0, 0.05) is 30.9 Å². The molecule has 0 saturated heterocycles. The van der Waals surface area contributed by atoms with Gasteiger partial charge in [0.2, 0.25) is 0 Å². The van der Waals surface area contributed by atoms with E-state index in [9.17, 15) is 18.8 Å². The number of phosphoric ester groups is 1. The normalized spacial score (nSPS) is 14.2. The van der Waals surface area contributed by atoms with Crippen molar-refractivity contribution in [1.82, 2.24) is 59.3 Å². The van der Waals surface area contributed by atoms with Crippen molar-refractivity contribution in [3.63, 3.8) is 0 Å². The molecule has 0 aliphatic rings. The van der Waals surface area contributed by atoms with Gasteiger partial charge in [-0.1, -0.05) is 145 Å². The van der Waals surface area contributed by atoms with Crippen molar-refractivity contribution in [3.8, 4) is 17.3 Å². The van der Waals surface area contributed by atoms with Crippen molar-refractivity contribution < 1.29 is 32.9 Å². The molecule has 0 aliphatic heterocycles. The highest BCUT2D eigenvalue weighted by atomic mass is 31.2. The van der Waals surface area contributed by atoms with E-state index in [1.54, 1.807) is 41.7 Å². The van der Waals surface area contributed by atoms with Gasteiger partial charge in [0.05, 0.1) is 35.9 Å². The van der Waals surface area contributed by atoms with E-state index in [2.05, 4.69) is 168 Å². The Morgan fingerprint density at radius 3 is 1.49 bits per heavy atom. The van der Waals surface area contributed by atoms with Gasteiger partial charge in [-0.15, -0.1) is 10.2 Å². The van der Waals surface area contributed by atoms with E-state index < -0.39 is 39.4 Å². The summed E-state index contributed by atoms with van der Waals surface area (Å²) in [4.78, 5) is 53.1. The predicted molar refractivity (Wildman–Crippen MR) is 310 cm³/mol. The number of nitrogens with zero attached hydrogens (tertiary/aromatic N) is 12. The lowest BCUT2D eigenvalue weighted by atomic mass is 9.84. The van der Waals surface area contributed by atoms with Crippen molar-refractivity contribution in [2.45, 2.75) is 184 Å². The second-order valence-electron chi connectivity index (χ2n) is 22.7. The van der Waals surface area contributed by atoms with Crippen LogP contribution in [0.5, 0.6) is 0 Å². The molecule has 0 spiro atoms. The number of hydrogen-bond acceptors (Lipinski definition) is 13. The maximum Gasteiger partial charge on any atom is 0.469 e. The van der Waals surface area contributed by atoms with Gasteiger partial charge in [0.1, 0.15) is 23.9 Å². The van der Waals surface area contributed by atoms with Crippen molar-refractivity contribution in [3.05, 3.63) is 148 Å². The first-order chi connectivity index (χ1) is 36.8. The van der Waals surface area contributed by atoms with E-state index in [4.69, 9.17) is 18.8 Å². The molecule has 1 aromatic carbocycles. The van der Waals surface area contributed by atoms with E-state index in [1.807, 2.05) is 42.9 Å². The first kappa shape index (κ1) is 65.7. The third kappa shape index (κ3) is 21.0. The Morgan fingerprint density at radius 1 is 0.582 bits per heavy atom. The van der Waals surface area contributed by atoms with Crippen LogP contribution >= 0.6 is 15.4 Å². The molecule has 0 radical (unpaired) electrons. The molecule has 79 heavy (non-hydrogen) atoms. The number of benzene rings is 1. The van der Waals surface area contributed by atoms with Crippen molar-refractivity contribution in [2.24, 2.45) is 5.41 Å². The van der Waals surface area contributed by atoms with Gasteiger partial charge >= 0.3 is 21.1 Å². The molecule has 0 amide bonds. The van der Waals surface area contributed by atoms with Crippen LogP contribution in [0.1, 0.15) is 218 Å². The molecule has 3 unspecified atom stereocenters. The number of rotatable bonds is 18. The predicted octanol–water partition coefficient (Wildman–Crippen LogP) is 12.9. The van der Waals surface area contributed by atoms with Gasteiger partial charge in [-0.2, -0.15) is 5.10 Å². The lowest BCUT2D eigenvalue weighted by molar-refractivity contribution is 0.0961. The van der Waals surface area contributed by atoms with Crippen molar-refractivity contribution in [1.29, 1.82) is 0 Å². The fraction of sp³-hybridized carbons (Fsp3) is 0.526. The van der Waals surface area contributed by atoms with Gasteiger partial charge in [0.15, 0.2) is 5.82 Å². The van der Waals surface area contributed by atoms with Crippen LogP contribution in [0.4, 0.5) is 0 Å². The van der Waals surface area contributed by atoms with Crippen molar-refractivity contribution in [2.75, 3.05) is 6.66 Å². The molecule has 3 N–H and O–H groups in total. The molecule has 20 nitrogen and oxygen atoms in total. The molecular weight excluding hydrogens is 1040 g/mol. The van der Waals surface area contributed by atoms with Crippen LogP contribution in [0.15, 0.2) is 103 Å². The Hall–Kier alpha value is -5.85. The Labute approximate surface area is 467 Å². The largest absolute Gasteiger partial charge is 0.469 e. The van der Waals surface area contributed by atoms with Gasteiger partial charge < -0.3 is 14.7 Å². The minimum atomic E-state index is -4.65. The summed E-state index contributed by atoms with van der Waals surface area (Å²) in [5.41, 5.74) is 8.40. The van der Waals surface area contributed by atoms with E-state index in [0.29, 0.717) is 58.9 Å². The van der Waals surface area contributed by atoms with Crippen LogP contribution in [-0.2, 0) is 18.2 Å². The molecular formula is C57H86N12O8P2. The lowest BCUT2D eigenvalue weighted by Crippen LogP contribution is -2.33. The summed E-state index contributed by atoms with van der Waals surface area (Å²) >= 11 is 0. The van der Waals surface area contributed by atoms with Crippen LogP contribution in [0.25, 0.3) is 17.3 Å². The fourth-order valence-corrected chi connectivity index (χ4v) is 9.39. The third-order valence-corrected chi connectivity index (χ3v) is 14.0. The highest BCUT2D eigenvalue weighted by Crippen LogP contribution is 2.42. The van der Waals surface area contributed by atoms with E-state index in [1.165, 1.54) is 51.3 Å². The van der Waals surface area contributed by atoms with Gasteiger partial charge in [-0.25, -0.2) is 37.9 Å². The summed E-state index contributed by atoms with van der Waals surface area (Å²) in [6.07, 6.45) is 10.7. The molecule has 0 saturated carbocycles. The Balaban J connectivity index is 0.000000230. The summed E-state index contributed by atoms with van der Waals surface area (Å²) in [7, 11) is -8.20. The van der Waals surface area contributed by atoms with E-state index in [-0.39, 0.29) is 0 Å². The number of hydrogen-bond donors (Lipinski definition) is 3. The number of pyridine rings is 3. The van der Waals surface area contributed by atoms with Crippen LogP contribution in [0.2, 0.25) is 0 Å². The molecule has 432 valence electrons. The number of phosphoric acid groups is 1. The zero-order valence-electron chi connectivity index (χ0n) is 49.5. The molecule has 22 heteroatoms. The molecule has 7 rings (SSSR count). The average molecular weight is 1130 g/mol. The zero-order valence-corrected chi connectivity index (χ0v) is 51.3. The third-order valence-electron chi connectivity index (χ3n) is 12.7. The SMILES string of the molecule is CC(C)c1ccc(-n2cc(C(C)C)nn2)nc1.CC(C)c1ccc(-n2cc(C(C)OP(C)(=O)O)nn2)cc1.CC(C)c1ccc(C(C)CC(C)(C)C)nc1.CC[C@@H]([C@@H](C)OP(=O)(O)O)n1ncn(-c2ccc(C(C)C)cn2)c1=O. The average Bonchev–Trinajstić information content (AvgIpc) is 4.21. The standard InChI is InChI=1S/C15H23N4O5P.C15H25N.C14H20N3O3P.C13H18N4/c1-5-13(11(4)24-25(21,22)23)19-15(20)18(9-17-19)14-7-6-12(8-16-14)10(2)3;1-11(2)13-7-8-14(16-10-13)12(3)9-15(4,5)6;1-10(2)12-5-7-13(8-6-12)17-9-14(15-16-17)11(3)20-21(4,18)19;1-9(2)11-5-6-13(14-7-11)17-8-12(10(3)4)15-16-17/h6-11,13H,5H2,1-4H3,(H2,21,22,23);7-8,10-12H,9H2,1-6H3;5-11H,1-4H3,(H,18,19);5-10H,1-4H3/t11-,13+;;;/m1.../s1. The maximum absolute atomic E-state index is 12.6. The molecule has 0 aliphatic carbocycles. The van der Waals surface area contributed by atoms with E-state index in [0.717, 1.165) is 29.4 Å². The van der Waals surface area contributed by atoms with Crippen LogP contribution in [-0.4, -0.2) is 86.7 Å². The molecule has 0 fully saturated rings. The first-order valence-electron chi connectivity index (χ1n) is 27.0. The quantitative estimate of drug-likeness (QED) is 0.0675. The second kappa shape index (κ2) is 29.0. The lowest BCUT2D eigenvalue weighted by Gasteiger charge is -2.23. The monoisotopic (exact) mass is 1130 g/mol. The van der Waals surface area contributed by atoms with E-state index >= 15 is 0 Å². The summed E-state index contributed by atoms with van der Waals surface area (Å²) in [6.45, 7) is 36.5. The Morgan fingerprint density at radius 2 is 1.06 bits per heavy atom. The second-order valence-corrected chi connectivity index (χ2v) is 25.7. The summed E-state index contributed by atoms with van der Waals surface area (Å²) in [6, 6.07) is 19.5. The highest BCUT2D eigenvalue weighted by Gasteiger charge is 2.29. The minimum Gasteiger partial charge on any atom is -0.324 e. The summed E-state index contributed by atoms with van der Waals surface area (Å²) in [5.74, 6) is 4.05. The Bertz CT molecular complexity index is 3080. The first-order valence-corrected chi connectivity index (χ1v) is 30.5. The van der Waals surface area contributed by atoms with Crippen LogP contribution in [0, 0.1) is 5.41 Å². The topological polar surface area (TPSA) is 253 Å². The molecule has 7 aromatic rings. The summed E-state index contributed by atoms with van der Waals surface area (Å²) < 4.78 is 37.8. The van der Waals surface area contributed by atoms with Gasteiger partial charge in [-0.05, 0) is 120 Å². The molecule has 0 bridgehead atoms. The fourth-order valence-electron chi connectivity index (χ4n) is 8.12. The summed E-state index contributed by atoms with van der Waals surface area (Å²) in [5, 5.41) is 20.3. The number of aromatic nitrogens is 12. The maximum atomic E-state index is 12.6. The van der Waals surface area contributed by atoms with Crippen molar-refractivity contribution >= 4 is 15.4 Å². The minimum absolute atomic E-state index is 0.330. The molecule has 6 heterocycles. The van der Waals surface area contributed by atoms with Crippen LogP contribution in [0.3, 0.4) is 0 Å². The zero-order chi connectivity index (χ0) is 59.2. The van der Waals surface area contributed by atoms with Gasteiger partial charge in [-0.3, -0.25) is 18.6 Å². The smallest absolute Gasteiger partial charge is 0.324 e. The van der Waals surface area contributed by atoms with Crippen LogP contribution < -0.4 is 5.69 Å².